The van der Waals surface area contributed by atoms with Gasteiger partial charge < -0.3 is 4.90 Å². The van der Waals surface area contributed by atoms with Gasteiger partial charge in [-0.05, 0) is 33.0 Å². The first kappa shape index (κ1) is 9.61. The minimum atomic E-state index is -0.599. The van der Waals surface area contributed by atoms with E-state index in [0.29, 0.717) is 17.9 Å². The molecule has 5 heteroatoms. The number of hydroxylamine groups is 2. The van der Waals surface area contributed by atoms with Gasteiger partial charge in [0.2, 0.25) is 0 Å². The topological polar surface area (TPSA) is 60.9 Å². The van der Waals surface area contributed by atoms with Crippen molar-refractivity contribution in [2.45, 2.75) is 19.3 Å². The molecule has 0 bridgehead atoms. The highest BCUT2D eigenvalue weighted by atomic mass is 16.5. The number of imide groups is 1. The van der Waals surface area contributed by atoms with Crippen molar-refractivity contribution >= 4 is 11.8 Å². The Morgan fingerprint density at radius 1 is 1.29 bits per heavy atom. The van der Waals surface area contributed by atoms with Crippen molar-refractivity contribution in [2.24, 2.45) is 5.41 Å². The van der Waals surface area contributed by atoms with Gasteiger partial charge >= 0.3 is 0 Å². The van der Waals surface area contributed by atoms with Crippen molar-refractivity contribution in [2.75, 3.05) is 20.1 Å². The van der Waals surface area contributed by atoms with Gasteiger partial charge in [-0.1, -0.05) is 0 Å². The molecule has 5 nitrogen and oxygen atoms in total. The number of nitrogens with zero attached hydrogens (tertiary/aromatic N) is 2. The summed E-state index contributed by atoms with van der Waals surface area (Å²) < 4.78 is 0. The van der Waals surface area contributed by atoms with Crippen LogP contribution in [0.2, 0.25) is 0 Å². The number of hydrogen-bond donors (Lipinski definition) is 1. The van der Waals surface area contributed by atoms with Crippen LogP contribution in [0.1, 0.15) is 19.3 Å². The van der Waals surface area contributed by atoms with Crippen LogP contribution < -0.4 is 0 Å². The maximum Gasteiger partial charge on any atom is 0.260 e. The summed E-state index contributed by atoms with van der Waals surface area (Å²) in [6.07, 6.45) is 1.52. The molecule has 2 aliphatic rings. The number of rotatable bonds is 0. The summed E-state index contributed by atoms with van der Waals surface area (Å²) in [5.41, 5.74) is -0.599. The van der Waals surface area contributed by atoms with E-state index in [1.807, 2.05) is 7.05 Å². The van der Waals surface area contributed by atoms with Crippen LogP contribution in [0.3, 0.4) is 0 Å². The lowest BCUT2D eigenvalue weighted by Gasteiger charge is -2.34. The highest BCUT2D eigenvalue weighted by Gasteiger charge is 2.52. The number of piperidine rings is 1. The van der Waals surface area contributed by atoms with Gasteiger partial charge in [0.15, 0.2) is 0 Å². The van der Waals surface area contributed by atoms with Gasteiger partial charge in [0.25, 0.3) is 11.8 Å². The molecule has 1 N–H and O–H groups in total. The fourth-order valence-corrected chi connectivity index (χ4v) is 2.22. The lowest BCUT2D eigenvalue weighted by molar-refractivity contribution is -0.175. The van der Waals surface area contributed by atoms with E-state index in [2.05, 4.69) is 4.90 Å². The second-order valence-corrected chi connectivity index (χ2v) is 4.27. The van der Waals surface area contributed by atoms with Crippen molar-refractivity contribution in [1.29, 1.82) is 0 Å². The molecule has 2 heterocycles. The largest absolute Gasteiger partial charge is 0.306 e. The molecule has 1 spiro atoms. The van der Waals surface area contributed by atoms with Crippen molar-refractivity contribution < 1.29 is 14.8 Å². The van der Waals surface area contributed by atoms with E-state index in [1.165, 1.54) is 0 Å². The minimum Gasteiger partial charge on any atom is -0.306 e. The molecule has 2 aliphatic heterocycles. The second-order valence-electron chi connectivity index (χ2n) is 4.27. The molecule has 2 rings (SSSR count). The zero-order valence-corrected chi connectivity index (χ0v) is 8.19. The van der Waals surface area contributed by atoms with Crippen LogP contribution >= 0.6 is 0 Å². The monoisotopic (exact) mass is 198 g/mol. The van der Waals surface area contributed by atoms with Crippen LogP contribution in [-0.4, -0.2) is 47.1 Å². The number of likely N-dealkylation sites (tertiary alicyclic amines) is 1. The third-order valence-electron chi connectivity index (χ3n) is 3.32. The molecule has 2 fully saturated rings. The normalized spacial score (nSPS) is 27.7. The van der Waals surface area contributed by atoms with Crippen LogP contribution in [0, 0.1) is 5.41 Å². The van der Waals surface area contributed by atoms with Crippen molar-refractivity contribution in [1.82, 2.24) is 9.96 Å². The molecule has 0 radical (unpaired) electrons. The summed E-state index contributed by atoms with van der Waals surface area (Å²) in [5, 5.41) is 9.47. The van der Waals surface area contributed by atoms with Gasteiger partial charge in [-0.3, -0.25) is 14.8 Å². The Morgan fingerprint density at radius 2 is 1.86 bits per heavy atom. The lowest BCUT2D eigenvalue weighted by Crippen LogP contribution is -2.42. The van der Waals surface area contributed by atoms with Gasteiger partial charge in [0.05, 0.1) is 5.41 Å². The van der Waals surface area contributed by atoms with Crippen LogP contribution in [-0.2, 0) is 9.59 Å². The Morgan fingerprint density at radius 3 is 2.29 bits per heavy atom. The molecule has 0 aromatic rings. The van der Waals surface area contributed by atoms with Gasteiger partial charge in [0.1, 0.15) is 0 Å². The Labute approximate surface area is 82.2 Å². The Kier molecular flexibility index (Phi) is 2.08. The molecule has 78 valence electrons. The summed E-state index contributed by atoms with van der Waals surface area (Å²) >= 11 is 0. The van der Waals surface area contributed by atoms with Crippen molar-refractivity contribution in [3.8, 4) is 0 Å². The van der Waals surface area contributed by atoms with Crippen LogP contribution in [0.4, 0.5) is 0 Å². The molecule has 0 unspecified atom stereocenters. The maximum atomic E-state index is 11.6. The van der Waals surface area contributed by atoms with Crippen LogP contribution in [0.15, 0.2) is 0 Å². The Hall–Kier alpha value is -0.940. The maximum absolute atomic E-state index is 11.6. The third kappa shape index (κ3) is 1.24. The lowest BCUT2D eigenvalue weighted by atomic mass is 9.77. The third-order valence-corrected chi connectivity index (χ3v) is 3.32. The quantitative estimate of drug-likeness (QED) is 0.434. The van der Waals surface area contributed by atoms with Crippen LogP contribution in [0.5, 0.6) is 0 Å². The zero-order valence-electron chi connectivity index (χ0n) is 8.19. The number of hydrogen-bond acceptors (Lipinski definition) is 4. The van der Waals surface area contributed by atoms with E-state index in [9.17, 15) is 14.8 Å². The molecule has 2 saturated heterocycles. The summed E-state index contributed by atoms with van der Waals surface area (Å²) in [7, 11) is 1.99. The number of carbonyl (C=O) groups excluding carboxylic acids is 2. The summed E-state index contributed by atoms with van der Waals surface area (Å²) in [4.78, 5) is 24.9. The van der Waals surface area contributed by atoms with Gasteiger partial charge in [-0.15, -0.1) is 0 Å². The first-order valence-electron chi connectivity index (χ1n) is 4.80. The molecule has 0 aromatic heterocycles. The van der Waals surface area contributed by atoms with Gasteiger partial charge in [-0.25, -0.2) is 0 Å². The van der Waals surface area contributed by atoms with Gasteiger partial charge in [-0.2, -0.15) is 5.06 Å². The highest BCUT2D eigenvalue weighted by molar-refractivity contribution is 6.04. The van der Waals surface area contributed by atoms with Crippen molar-refractivity contribution in [3.63, 3.8) is 0 Å². The molecule has 2 amide bonds. The number of carbonyl (C=O) groups is 2. The molecule has 0 atom stereocenters. The van der Waals surface area contributed by atoms with Gasteiger partial charge in [0, 0.05) is 6.42 Å². The standard InChI is InChI=1S/C9H14N2O3/c1-10-4-2-9(3-5-10)6-7(12)11(14)8(9)13/h14H,2-6H2,1H3. The zero-order chi connectivity index (χ0) is 10.3. The SMILES string of the molecule is CN1CCC2(CC1)CC(=O)N(O)C2=O. The molecular weight excluding hydrogens is 184 g/mol. The fourth-order valence-electron chi connectivity index (χ4n) is 2.22. The van der Waals surface area contributed by atoms with E-state index >= 15 is 0 Å². The Balaban J connectivity index is 2.18. The fraction of sp³-hybridized carbons (Fsp3) is 0.778. The predicted octanol–water partition coefficient (Wildman–Crippen LogP) is -0.154. The van der Waals surface area contributed by atoms with E-state index in [4.69, 9.17) is 0 Å². The molecule has 0 saturated carbocycles. The Bertz CT molecular complexity index is 282. The van der Waals surface area contributed by atoms with Crippen LogP contribution in [0.25, 0.3) is 0 Å². The summed E-state index contributed by atoms with van der Waals surface area (Å²) in [6, 6.07) is 0. The second kappa shape index (κ2) is 3.03. The summed E-state index contributed by atoms with van der Waals surface area (Å²) in [5.74, 6) is -0.866. The van der Waals surface area contributed by atoms with E-state index < -0.39 is 17.2 Å². The van der Waals surface area contributed by atoms with E-state index in [1.54, 1.807) is 0 Å². The average Bonchev–Trinajstić information content (AvgIpc) is 2.37. The smallest absolute Gasteiger partial charge is 0.260 e. The molecular formula is C9H14N2O3. The molecule has 0 aliphatic carbocycles. The highest BCUT2D eigenvalue weighted by Crippen LogP contribution is 2.41. The first-order chi connectivity index (χ1) is 6.55. The number of amides is 2. The first-order valence-corrected chi connectivity index (χ1v) is 4.80. The average molecular weight is 198 g/mol. The summed E-state index contributed by atoms with van der Waals surface area (Å²) in [6.45, 7) is 1.62. The van der Waals surface area contributed by atoms with E-state index in [0.717, 1.165) is 13.1 Å². The molecule has 14 heavy (non-hydrogen) atoms. The van der Waals surface area contributed by atoms with E-state index in [-0.39, 0.29) is 6.42 Å². The van der Waals surface area contributed by atoms with Crippen molar-refractivity contribution in [3.05, 3.63) is 0 Å². The molecule has 0 aromatic carbocycles. The predicted molar refractivity (Wildman–Crippen MR) is 47.4 cm³/mol. The minimum absolute atomic E-state index is 0.177.